The number of hydrogen-bond acceptors (Lipinski definition) is 9. The third-order valence-electron chi connectivity index (χ3n) is 3.86. The molecule has 3 N–H and O–H groups in total. The maximum absolute atomic E-state index is 9.32. The second-order valence-electron chi connectivity index (χ2n) is 5.90. The molecule has 0 radical (unpaired) electrons. The number of aromatic nitrogens is 2. The number of phenolic OH excluding ortho intramolecular Hbond substituents is 1. The van der Waals surface area contributed by atoms with Gasteiger partial charge in [0.15, 0.2) is 0 Å². The summed E-state index contributed by atoms with van der Waals surface area (Å²) in [6.45, 7) is 4.02. The fourth-order valence-electron chi connectivity index (χ4n) is 2.44. The molecular formula is C18H24N6O3. The molecule has 1 saturated heterocycles. The fraction of sp³-hybridized carbons (Fsp3) is 0.389. The molecule has 144 valence electrons. The minimum Gasteiger partial charge on any atom is -0.508 e. The summed E-state index contributed by atoms with van der Waals surface area (Å²) in [5.41, 5.74) is 4.30. The van der Waals surface area contributed by atoms with Crippen molar-refractivity contribution in [2.75, 3.05) is 56.8 Å². The number of likely N-dealkylation sites (N-methyl/N-ethyl adjacent to an activating group) is 1. The number of rotatable bonds is 8. The molecule has 0 aliphatic carbocycles. The second kappa shape index (κ2) is 9.70. The highest BCUT2D eigenvalue weighted by atomic mass is 16.5. The first kappa shape index (κ1) is 18.9. The fourth-order valence-corrected chi connectivity index (χ4v) is 2.44. The van der Waals surface area contributed by atoms with E-state index in [4.69, 9.17) is 9.47 Å². The van der Waals surface area contributed by atoms with Crippen LogP contribution in [0.3, 0.4) is 0 Å². The molecule has 1 aromatic heterocycles. The number of hydrogen-bond donors (Lipinski definition) is 3. The first-order valence-corrected chi connectivity index (χ1v) is 8.82. The van der Waals surface area contributed by atoms with Crippen molar-refractivity contribution >= 4 is 17.9 Å². The quantitative estimate of drug-likeness (QED) is 0.274. The maximum atomic E-state index is 9.32. The number of aromatic hydroxyl groups is 1. The van der Waals surface area contributed by atoms with E-state index in [-0.39, 0.29) is 5.75 Å². The Balaban J connectivity index is 1.73. The first-order chi connectivity index (χ1) is 13.2. The van der Waals surface area contributed by atoms with Gasteiger partial charge in [0, 0.05) is 25.7 Å². The molecule has 9 heteroatoms. The second-order valence-corrected chi connectivity index (χ2v) is 5.90. The van der Waals surface area contributed by atoms with Crippen LogP contribution >= 0.6 is 0 Å². The molecule has 2 aromatic rings. The monoisotopic (exact) mass is 372 g/mol. The summed E-state index contributed by atoms with van der Waals surface area (Å²) < 4.78 is 11.1. The van der Waals surface area contributed by atoms with Crippen molar-refractivity contribution in [3.8, 4) is 11.6 Å². The summed E-state index contributed by atoms with van der Waals surface area (Å²) in [6.07, 6.45) is 1.61. The Morgan fingerprint density at radius 1 is 1.26 bits per heavy atom. The van der Waals surface area contributed by atoms with Gasteiger partial charge in [-0.2, -0.15) is 10.1 Å². The van der Waals surface area contributed by atoms with Crippen molar-refractivity contribution in [2.45, 2.75) is 0 Å². The Hall–Kier alpha value is -2.91. The van der Waals surface area contributed by atoms with Crippen LogP contribution in [0.15, 0.2) is 35.4 Å². The highest BCUT2D eigenvalue weighted by Gasteiger charge is 2.16. The van der Waals surface area contributed by atoms with Crippen LogP contribution in [0, 0.1) is 0 Å². The van der Waals surface area contributed by atoms with Crippen molar-refractivity contribution in [1.82, 2.24) is 15.3 Å². The van der Waals surface area contributed by atoms with E-state index in [2.05, 4.69) is 30.7 Å². The van der Waals surface area contributed by atoms with Crippen molar-refractivity contribution < 1.29 is 14.6 Å². The van der Waals surface area contributed by atoms with E-state index in [1.807, 2.05) is 7.05 Å². The molecule has 0 atom stereocenters. The third-order valence-corrected chi connectivity index (χ3v) is 3.86. The summed E-state index contributed by atoms with van der Waals surface area (Å²) in [7, 11) is 1.87. The number of nitrogens with one attached hydrogen (secondary N) is 2. The van der Waals surface area contributed by atoms with Crippen LogP contribution in [0.4, 0.5) is 11.6 Å². The summed E-state index contributed by atoms with van der Waals surface area (Å²) in [5.74, 6) is 1.32. The van der Waals surface area contributed by atoms with Gasteiger partial charge in [0.25, 0.3) is 0 Å². The van der Waals surface area contributed by atoms with Crippen LogP contribution in [0.5, 0.6) is 11.6 Å². The lowest BCUT2D eigenvalue weighted by molar-refractivity contribution is 0.122. The lowest BCUT2D eigenvalue weighted by Gasteiger charge is -2.27. The normalized spacial score (nSPS) is 14.5. The molecule has 0 amide bonds. The third kappa shape index (κ3) is 5.80. The molecule has 9 nitrogen and oxygen atoms in total. The molecule has 1 aliphatic heterocycles. The summed E-state index contributed by atoms with van der Waals surface area (Å²) in [5, 5.41) is 16.6. The van der Waals surface area contributed by atoms with Crippen molar-refractivity contribution in [3.05, 3.63) is 36.0 Å². The van der Waals surface area contributed by atoms with Crippen molar-refractivity contribution in [1.29, 1.82) is 0 Å². The summed E-state index contributed by atoms with van der Waals surface area (Å²) >= 11 is 0. The van der Waals surface area contributed by atoms with Crippen LogP contribution in [0.2, 0.25) is 0 Å². The zero-order valence-electron chi connectivity index (χ0n) is 15.3. The molecular weight excluding hydrogens is 348 g/mol. The molecule has 0 saturated carbocycles. The van der Waals surface area contributed by atoms with Gasteiger partial charge in [-0.05, 0) is 31.3 Å². The highest BCUT2D eigenvalue weighted by molar-refractivity contribution is 5.78. The summed E-state index contributed by atoms with van der Waals surface area (Å²) in [4.78, 5) is 11.1. The van der Waals surface area contributed by atoms with Gasteiger partial charge >= 0.3 is 0 Å². The maximum Gasteiger partial charge on any atom is 0.229 e. The zero-order chi connectivity index (χ0) is 18.9. The van der Waals surface area contributed by atoms with Gasteiger partial charge in [-0.1, -0.05) is 0 Å². The number of hydrazone groups is 1. The smallest absolute Gasteiger partial charge is 0.229 e. The van der Waals surface area contributed by atoms with Gasteiger partial charge in [-0.25, -0.2) is 4.98 Å². The topological polar surface area (TPSA) is 104 Å². The van der Waals surface area contributed by atoms with Gasteiger partial charge in [-0.15, -0.1) is 0 Å². The largest absolute Gasteiger partial charge is 0.508 e. The van der Waals surface area contributed by atoms with E-state index in [0.29, 0.717) is 37.3 Å². The lowest BCUT2D eigenvalue weighted by atomic mass is 10.3. The minimum atomic E-state index is 0.207. The number of nitrogens with zero attached hydrogens (tertiary/aromatic N) is 4. The average molecular weight is 372 g/mol. The Kier molecular flexibility index (Phi) is 6.78. The van der Waals surface area contributed by atoms with Gasteiger partial charge in [0.2, 0.25) is 11.8 Å². The average Bonchev–Trinajstić information content (AvgIpc) is 2.70. The SMILES string of the molecule is CNCCOc1cc(/C=N/Nc2ccc(O)cc2)nc(N2CCOCC2)n1. The van der Waals surface area contributed by atoms with Gasteiger partial charge in [-0.3, -0.25) is 5.43 Å². The highest BCUT2D eigenvalue weighted by Crippen LogP contribution is 2.17. The van der Waals surface area contributed by atoms with E-state index >= 15 is 0 Å². The number of ether oxygens (including phenoxy) is 2. The number of anilines is 2. The molecule has 1 aliphatic rings. The van der Waals surface area contributed by atoms with E-state index in [1.165, 1.54) is 0 Å². The lowest BCUT2D eigenvalue weighted by Crippen LogP contribution is -2.37. The van der Waals surface area contributed by atoms with Gasteiger partial charge in [0.05, 0.1) is 30.8 Å². The van der Waals surface area contributed by atoms with Crippen LogP contribution in [0.25, 0.3) is 0 Å². The predicted octanol–water partition coefficient (Wildman–Crippen LogP) is 1.06. The molecule has 1 aromatic carbocycles. The number of benzene rings is 1. The zero-order valence-corrected chi connectivity index (χ0v) is 15.3. The first-order valence-electron chi connectivity index (χ1n) is 8.82. The van der Waals surface area contributed by atoms with E-state index in [1.54, 1.807) is 36.5 Å². The van der Waals surface area contributed by atoms with Gasteiger partial charge < -0.3 is 24.8 Å². The van der Waals surface area contributed by atoms with Crippen LogP contribution in [0.1, 0.15) is 5.69 Å². The van der Waals surface area contributed by atoms with E-state index < -0.39 is 0 Å². The van der Waals surface area contributed by atoms with Crippen LogP contribution in [-0.2, 0) is 4.74 Å². The predicted molar refractivity (Wildman–Crippen MR) is 104 cm³/mol. The minimum absolute atomic E-state index is 0.207. The van der Waals surface area contributed by atoms with E-state index in [9.17, 15) is 5.11 Å². The number of morpholine rings is 1. The van der Waals surface area contributed by atoms with E-state index in [0.717, 1.165) is 25.3 Å². The molecule has 2 heterocycles. The Morgan fingerprint density at radius 3 is 2.78 bits per heavy atom. The Morgan fingerprint density at radius 2 is 2.04 bits per heavy atom. The molecule has 1 fully saturated rings. The molecule has 27 heavy (non-hydrogen) atoms. The Labute approximate surface area is 158 Å². The number of phenols is 1. The molecule has 0 bridgehead atoms. The molecule has 0 unspecified atom stereocenters. The van der Waals surface area contributed by atoms with Gasteiger partial charge in [0.1, 0.15) is 12.4 Å². The van der Waals surface area contributed by atoms with Crippen molar-refractivity contribution in [3.63, 3.8) is 0 Å². The van der Waals surface area contributed by atoms with Crippen LogP contribution < -0.4 is 20.4 Å². The molecule has 0 spiro atoms. The molecule has 3 rings (SSSR count). The van der Waals surface area contributed by atoms with Crippen LogP contribution in [-0.4, -0.2) is 67.8 Å². The summed E-state index contributed by atoms with van der Waals surface area (Å²) in [6, 6.07) is 8.40. The Bertz CT molecular complexity index is 747. The standard InChI is InChI=1S/C18H24N6O3/c1-19-6-9-27-17-12-15(13-20-23-14-2-4-16(25)5-3-14)21-18(22-17)24-7-10-26-11-8-24/h2-5,12-13,19,23,25H,6-11H2,1H3/b20-13+. The van der Waals surface area contributed by atoms with Crippen molar-refractivity contribution in [2.24, 2.45) is 5.10 Å².